The van der Waals surface area contributed by atoms with Crippen LogP contribution in [-0.4, -0.2) is 25.0 Å². The van der Waals surface area contributed by atoms with Gasteiger partial charge in [-0.3, -0.25) is 4.79 Å². The molecule has 0 spiro atoms. The molecule has 1 heterocycles. The Bertz CT molecular complexity index is 322. The Kier molecular flexibility index (Phi) is 3.35. The van der Waals surface area contributed by atoms with Crippen molar-refractivity contribution in [1.29, 1.82) is 0 Å². The molecule has 3 rings (SSSR count). The second kappa shape index (κ2) is 4.84. The molecule has 102 valence electrons. The van der Waals surface area contributed by atoms with Gasteiger partial charge in [0.1, 0.15) is 0 Å². The summed E-state index contributed by atoms with van der Waals surface area (Å²) in [5.41, 5.74) is -0.0647. The fraction of sp³-hybridized carbons (Fsp3) is 0.933. The molecule has 1 unspecified atom stereocenters. The molecule has 3 atom stereocenters. The van der Waals surface area contributed by atoms with E-state index in [1.165, 1.54) is 38.6 Å². The summed E-state index contributed by atoms with van der Waals surface area (Å²) in [5.74, 6) is 2.01. The predicted molar refractivity (Wildman–Crippen MR) is 72.2 cm³/mol. The molecule has 1 aliphatic heterocycles. The van der Waals surface area contributed by atoms with Crippen LogP contribution in [0.4, 0.5) is 0 Å². The number of nitrogens with one attached hydrogen (secondary N) is 2. The van der Waals surface area contributed by atoms with Crippen molar-refractivity contribution < 1.29 is 4.79 Å². The molecule has 0 radical (unpaired) electrons. The largest absolute Gasteiger partial charge is 0.353 e. The van der Waals surface area contributed by atoms with Crippen molar-refractivity contribution in [1.82, 2.24) is 10.6 Å². The average molecular weight is 250 g/mol. The van der Waals surface area contributed by atoms with E-state index in [1.54, 1.807) is 0 Å². The first kappa shape index (κ1) is 12.5. The van der Waals surface area contributed by atoms with E-state index < -0.39 is 0 Å². The van der Waals surface area contributed by atoms with Gasteiger partial charge in [-0.05, 0) is 57.0 Å². The third-order valence-corrected chi connectivity index (χ3v) is 5.54. The first-order chi connectivity index (χ1) is 8.67. The lowest BCUT2D eigenvalue weighted by Gasteiger charge is -2.34. The Balaban J connectivity index is 1.55. The van der Waals surface area contributed by atoms with Crippen LogP contribution < -0.4 is 10.6 Å². The third kappa shape index (κ3) is 2.29. The van der Waals surface area contributed by atoms with Gasteiger partial charge >= 0.3 is 0 Å². The Labute approximate surface area is 110 Å². The Hall–Kier alpha value is -0.570. The molecular weight excluding hydrogens is 224 g/mol. The number of amides is 1. The molecule has 1 amide bonds. The number of carbonyl (C=O) groups is 1. The van der Waals surface area contributed by atoms with Gasteiger partial charge in [0.15, 0.2) is 0 Å². The van der Waals surface area contributed by atoms with Gasteiger partial charge in [0, 0.05) is 11.5 Å². The zero-order valence-corrected chi connectivity index (χ0v) is 11.5. The van der Waals surface area contributed by atoms with Crippen LogP contribution in [0.25, 0.3) is 0 Å². The molecule has 0 bridgehead atoms. The van der Waals surface area contributed by atoms with Crippen LogP contribution in [0.1, 0.15) is 51.9 Å². The van der Waals surface area contributed by atoms with E-state index in [2.05, 4.69) is 17.6 Å². The van der Waals surface area contributed by atoms with Crippen molar-refractivity contribution in [2.75, 3.05) is 13.1 Å². The SMILES string of the molecule is CC1(C(=O)NC2CC[C@H]3CNC[C@H]3C2)CCCC1. The van der Waals surface area contributed by atoms with Gasteiger partial charge in [0.2, 0.25) is 5.91 Å². The maximum absolute atomic E-state index is 12.4. The lowest BCUT2D eigenvalue weighted by atomic mass is 9.78. The van der Waals surface area contributed by atoms with E-state index in [0.717, 1.165) is 31.2 Å². The van der Waals surface area contributed by atoms with E-state index in [-0.39, 0.29) is 5.41 Å². The highest BCUT2D eigenvalue weighted by atomic mass is 16.2. The first-order valence-electron chi connectivity index (χ1n) is 7.69. The van der Waals surface area contributed by atoms with E-state index in [9.17, 15) is 4.79 Å². The van der Waals surface area contributed by atoms with Gasteiger partial charge in [0.25, 0.3) is 0 Å². The molecule has 0 aromatic heterocycles. The number of hydrogen-bond donors (Lipinski definition) is 2. The van der Waals surface area contributed by atoms with Gasteiger partial charge < -0.3 is 10.6 Å². The maximum Gasteiger partial charge on any atom is 0.226 e. The fourth-order valence-corrected chi connectivity index (χ4v) is 4.17. The number of hydrogen-bond acceptors (Lipinski definition) is 2. The number of rotatable bonds is 2. The molecule has 3 fully saturated rings. The highest BCUT2D eigenvalue weighted by Crippen LogP contribution is 2.38. The van der Waals surface area contributed by atoms with E-state index in [0.29, 0.717) is 11.9 Å². The summed E-state index contributed by atoms with van der Waals surface area (Å²) in [6.07, 6.45) is 8.29. The van der Waals surface area contributed by atoms with Gasteiger partial charge in [-0.1, -0.05) is 19.8 Å². The van der Waals surface area contributed by atoms with E-state index >= 15 is 0 Å². The summed E-state index contributed by atoms with van der Waals surface area (Å²) in [4.78, 5) is 12.4. The average Bonchev–Trinajstić information content (AvgIpc) is 2.98. The molecule has 2 saturated carbocycles. The fourth-order valence-electron chi connectivity index (χ4n) is 4.17. The molecular formula is C15H26N2O. The smallest absolute Gasteiger partial charge is 0.226 e. The summed E-state index contributed by atoms with van der Waals surface area (Å²) < 4.78 is 0. The van der Waals surface area contributed by atoms with Crippen LogP contribution in [0.5, 0.6) is 0 Å². The van der Waals surface area contributed by atoms with Crippen molar-refractivity contribution in [2.24, 2.45) is 17.3 Å². The third-order valence-electron chi connectivity index (χ3n) is 5.54. The molecule has 2 aliphatic carbocycles. The molecule has 3 aliphatic rings. The van der Waals surface area contributed by atoms with Crippen LogP contribution in [0.3, 0.4) is 0 Å². The van der Waals surface area contributed by atoms with Crippen LogP contribution in [0, 0.1) is 17.3 Å². The Morgan fingerprint density at radius 2 is 1.89 bits per heavy atom. The van der Waals surface area contributed by atoms with Gasteiger partial charge in [-0.25, -0.2) is 0 Å². The highest BCUT2D eigenvalue weighted by Gasteiger charge is 2.39. The summed E-state index contributed by atoms with van der Waals surface area (Å²) in [7, 11) is 0. The zero-order valence-electron chi connectivity index (χ0n) is 11.5. The van der Waals surface area contributed by atoms with Crippen LogP contribution in [0.15, 0.2) is 0 Å². The zero-order chi connectivity index (χ0) is 12.6. The van der Waals surface area contributed by atoms with Crippen LogP contribution in [-0.2, 0) is 4.79 Å². The number of carbonyl (C=O) groups excluding carboxylic acids is 1. The van der Waals surface area contributed by atoms with E-state index in [1.807, 2.05) is 0 Å². The molecule has 0 aromatic rings. The van der Waals surface area contributed by atoms with Gasteiger partial charge in [-0.15, -0.1) is 0 Å². The summed E-state index contributed by atoms with van der Waals surface area (Å²) in [6.45, 7) is 4.51. The lowest BCUT2D eigenvalue weighted by Crippen LogP contribution is -2.46. The molecule has 3 heteroatoms. The minimum absolute atomic E-state index is 0.0647. The van der Waals surface area contributed by atoms with Gasteiger partial charge in [-0.2, -0.15) is 0 Å². The summed E-state index contributed by atoms with van der Waals surface area (Å²) >= 11 is 0. The Morgan fingerprint density at radius 1 is 1.17 bits per heavy atom. The van der Waals surface area contributed by atoms with Crippen LogP contribution >= 0.6 is 0 Å². The molecule has 3 nitrogen and oxygen atoms in total. The predicted octanol–water partition coefficient (Wildman–Crippen LogP) is 2.07. The summed E-state index contributed by atoms with van der Waals surface area (Å²) in [6, 6.07) is 0.441. The minimum Gasteiger partial charge on any atom is -0.353 e. The van der Waals surface area contributed by atoms with Crippen molar-refractivity contribution in [3.8, 4) is 0 Å². The van der Waals surface area contributed by atoms with E-state index in [4.69, 9.17) is 0 Å². The lowest BCUT2D eigenvalue weighted by molar-refractivity contribution is -0.131. The quantitative estimate of drug-likeness (QED) is 0.788. The van der Waals surface area contributed by atoms with Crippen molar-refractivity contribution in [3.63, 3.8) is 0 Å². The monoisotopic (exact) mass is 250 g/mol. The normalized spacial score (nSPS) is 38.4. The molecule has 0 aromatic carbocycles. The van der Waals surface area contributed by atoms with Crippen molar-refractivity contribution in [3.05, 3.63) is 0 Å². The molecule has 2 N–H and O–H groups in total. The van der Waals surface area contributed by atoms with Crippen molar-refractivity contribution in [2.45, 2.75) is 57.9 Å². The first-order valence-corrected chi connectivity index (χ1v) is 7.69. The number of fused-ring (bicyclic) bond motifs is 1. The maximum atomic E-state index is 12.4. The van der Waals surface area contributed by atoms with Crippen molar-refractivity contribution >= 4 is 5.91 Å². The van der Waals surface area contributed by atoms with Gasteiger partial charge in [0.05, 0.1) is 0 Å². The minimum atomic E-state index is -0.0647. The molecule has 18 heavy (non-hydrogen) atoms. The standard InChI is InChI=1S/C15H26N2O/c1-15(6-2-3-7-15)14(18)17-13-5-4-11-9-16-10-12(11)8-13/h11-13,16H,2-10H2,1H3,(H,17,18)/t11-,12+,13?/m0/s1. The topological polar surface area (TPSA) is 41.1 Å². The van der Waals surface area contributed by atoms with Crippen LogP contribution in [0.2, 0.25) is 0 Å². The second-order valence-corrected chi connectivity index (χ2v) is 6.93. The molecule has 1 saturated heterocycles. The summed E-state index contributed by atoms with van der Waals surface area (Å²) in [5, 5.41) is 6.84. The highest BCUT2D eigenvalue weighted by molar-refractivity contribution is 5.82. The Morgan fingerprint density at radius 3 is 2.67 bits per heavy atom. The second-order valence-electron chi connectivity index (χ2n) is 6.93.